The maximum atomic E-state index is 11.8. The summed E-state index contributed by atoms with van der Waals surface area (Å²) in [4.78, 5) is 13.7. The molecule has 1 unspecified atom stereocenters. The van der Waals surface area contributed by atoms with Crippen LogP contribution in [-0.4, -0.2) is 53.0 Å². The lowest BCUT2D eigenvalue weighted by atomic mass is 10.0. The van der Waals surface area contributed by atoms with Gasteiger partial charge in [0, 0.05) is 18.6 Å². The third-order valence-electron chi connectivity index (χ3n) is 3.00. The Balaban J connectivity index is 4.22. The number of nitrogens with zero attached hydrogens (tertiary/aromatic N) is 1. The number of carbonyl (C=O) groups is 1. The minimum atomic E-state index is -0.165. The molecule has 0 heterocycles. The SMILES string of the molecule is CC(C)C(Br)C(=O)NCC(C)(C)N(C)CCO. The van der Waals surface area contributed by atoms with Crippen molar-refractivity contribution in [1.82, 2.24) is 10.2 Å². The third-order valence-corrected chi connectivity index (χ3v) is 4.47. The van der Waals surface area contributed by atoms with Gasteiger partial charge in [-0.3, -0.25) is 9.69 Å². The first-order valence-corrected chi connectivity index (χ1v) is 6.88. The van der Waals surface area contributed by atoms with E-state index >= 15 is 0 Å². The van der Waals surface area contributed by atoms with E-state index in [-0.39, 0.29) is 28.8 Å². The first-order valence-electron chi connectivity index (χ1n) is 5.96. The molecule has 0 aromatic carbocycles. The summed E-state index contributed by atoms with van der Waals surface area (Å²) >= 11 is 3.38. The van der Waals surface area contributed by atoms with E-state index < -0.39 is 0 Å². The average molecular weight is 309 g/mol. The molecule has 0 spiro atoms. The van der Waals surface area contributed by atoms with Crippen LogP contribution in [0.2, 0.25) is 0 Å². The number of halogens is 1. The molecule has 0 fully saturated rings. The predicted molar refractivity (Wildman–Crippen MR) is 74.4 cm³/mol. The van der Waals surface area contributed by atoms with Gasteiger partial charge in [0.2, 0.25) is 5.91 Å². The van der Waals surface area contributed by atoms with Crippen molar-refractivity contribution < 1.29 is 9.90 Å². The number of rotatable bonds is 7. The number of nitrogens with one attached hydrogen (secondary N) is 1. The largest absolute Gasteiger partial charge is 0.395 e. The Morgan fingerprint density at radius 2 is 2.00 bits per heavy atom. The fraction of sp³-hybridized carbons (Fsp3) is 0.917. The predicted octanol–water partition coefficient (Wildman–Crippen LogP) is 1.22. The van der Waals surface area contributed by atoms with Gasteiger partial charge in [-0.1, -0.05) is 29.8 Å². The van der Waals surface area contributed by atoms with Gasteiger partial charge < -0.3 is 10.4 Å². The molecule has 0 aliphatic heterocycles. The van der Waals surface area contributed by atoms with E-state index in [1.165, 1.54) is 0 Å². The highest BCUT2D eigenvalue weighted by Gasteiger charge is 2.26. The van der Waals surface area contributed by atoms with Crippen molar-refractivity contribution in [1.29, 1.82) is 0 Å². The zero-order valence-electron chi connectivity index (χ0n) is 11.5. The van der Waals surface area contributed by atoms with E-state index in [2.05, 4.69) is 21.2 Å². The molecule has 2 N–H and O–H groups in total. The van der Waals surface area contributed by atoms with Crippen LogP contribution in [0.3, 0.4) is 0 Å². The minimum Gasteiger partial charge on any atom is -0.395 e. The molecular weight excluding hydrogens is 284 g/mol. The Morgan fingerprint density at radius 3 is 2.41 bits per heavy atom. The van der Waals surface area contributed by atoms with E-state index in [0.717, 1.165) is 0 Å². The fourth-order valence-electron chi connectivity index (χ4n) is 1.29. The van der Waals surface area contributed by atoms with Gasteiger partial charge in [0.1, 0.15) is 0 Å². The average Bonchev–Trinajstić information content (AvgIpc) is 2.25. The molecule has 0 aromatic heterocycles. The van der Waals surface area contributed by atoms with Crippen LogP contribution in [0.5, 0.6) is 0 Å². The Hall–Kier alpha value is -0.130. The molecular formula is C12H25BrN2O2. The van der Waals surface area contributed by atoms with E-state index in [0.29, 0.717) is 13.1 Å². The Morgan fingerprint density at radius 1 is 1.47 bits per heavy atom. The zero-order valence-corrected chi connectivity index (χ0v) is 13.0. The summed E-state index contributed by atoms with van der Waals surface area (Å²) in [6, 6.07) is 0. The van der Waals surface area contributed by atoms with Crippen molar-refractivity contribution in [3.63, 3.8) is 0 Å². The third kappa shape index (κ3) is 5.84. The van der Waals surface area contributed by atoms with Crippen molar-refractivity contribution >= 4 is 21.8 Å². The summed E-state index contributed by atoms with van der Waals surface area (Å²) < 4.78 is 0. The van der Waals surface area contributed by atoms with E-state index in [9.17, 15) is 4.79 Å². The molecule has 17 heavy (non-hydrogen) atoms. The maximum Gasteiger partial charge on any atom is 0.234 e. The van der Waals surface area contributed by atoms with Gasteiger partial charge in [-0.25, -0.2) is 0 Å². The van der Waals surface area contributed by atoms with Crippen LogP contribution in [0.15, 0.2) is 0 Å². The minimum absolute atomic E-state index is 0.0190. The molecule has 0 saturated heterocycles. The summed E-state index contributed by atoms with van der Waals surface area (Å²) in [5.41, 5.74) is -0.165. The van der Waals surface area contributed by atoms with Crippen molar-refractivity contribution in [2.45, 2.75) is 38.1 Å². The molecule has 0 bridgehead atoms. The topological polar surface area (TPSA) is 52.6 Å². The normalized spacial score (nSPS) is 14.2. The fourth-order valence-corrected chi connectivity index (χ4v) is 1.45. The van der Waals surface area contributed by atoms with Crippen LogP contribution >= 0.6 is 15.9 Å². The zero-order chi connectivity index (χ0) is 13.6. The van der Waals surface area contributed by atoms with Crippen LogP contribution in [-0.2, 0) is 4.79 Å². The van der Waals surface area contributed by atoms with Crippen LogP contribution in [0, 0.1) is 5.92 Å². The monoisotopic (exact) mass is 308 g/mol. The summed E-state index contributed by atoms with van der Waals surface area (Å²) in [6.45, 7) is 9.38. The number of hydrogen-bond acceptors (Lipinski definition) is 3. The second-order valence-corrected chi connectivity index (χ2v) is 6.31. The van der Waals surface area contributed by atoms with Gasteiger partial charge in [-0.2, -0.15) is 0 Å². The van der Waals surface area contributed by atoms with Crippen LogP contribution in [0.4, 0.5) is 0 Å². The first-order chi connectivity index (χ1) is 7.72. The smallest absolute Gasteiger partial charge is 0.234 e. The lowest BCUT2D eigenvalue weighted by molar-refractivity contribution is -0.121. The van der Waals surface area contributed by atoms with Gasteiger partial charge in [0.25, 0.3) is 0 Å². The Labute approximate surface area is 113 Å². The molecule has 0 aliphatic carbocycles. The Kier molecular flexibility index (Phi) is 7.28. The highest BCUT2D eigenvalue weighted by molar-refractivity contribution is 9.10. The van der Waals surface area contributed by atoms with Gasteiger partial charge in [-0.05, 0) is 26.8 Å². The molecule has 4 nitrogen and oxygen atoms in total. The molecule has 1 atom stereocenters. The molecule has 0 rings (SSSR count). The number of β-amino-alcohol motifs (C(OH)–C–C–N with tert-alkyl or cyclic N) is 1. The van der Waals surface area contributed by atoms with E-state index in [4.69, 9.17) is 5.11 Å². The van der Waals surface area contributed by atoms with E-state index in [1.807, 2.05) is 39.6 Å². The maximum absolute atomic E-state index is 11.8. The Bertz CT molecular complexity index is 245. The van der Waals surface area contributed by atoms with Crippen LogP contribution < -0.4 is 5.32 Å². The summed E-state index contributed by atoms with van der Waals surface area (Å²) in [5, 5.41) is 11.8. The number of likely N-dealkylation sites (N-methyl/N-ethyl adjacent to an activating group) is 1. The lowest BCUT2D eigenvalue weighted by Crippen LogP contribution is -2.52. The van der Waals surface area contributed by atoms with Gasteiger partial charge in [-0.15, -0.1) is 0 Å². The number of carbonyl (C=O) groups excluding carboxylic acids is 1. The quantitative estimate of drug-likeness (QED) is 0.696. The second kappa shape index (κ2) is 7.34. The summed E-state index contributed by atoms with van der Waals surface area (Å²) in [6.07, 6.45) is 0. The number of aliphatic hydroxyl groups is 1. The molecule has 0 radical (unpaired) electrons. The van der Waals surface area contributed by atoms with Gasteiger partial charge in [0.05, 0.1) is 11.4 Å². The highest BCUT2D eigenvalue weighted by Crippen LogP contribution is 2.14. The molecule has 5 heteroatoms. The van der Waals surface area contributed by atoms with Gasteiger partial charge >= 0.3 is 0 Å². The van der Waals surface area contributed by atoms with Crippen molar-refractivity contribution in [2.75, 3.05) is 26.7 Å². The number of aliphatic hydroxyl groups excluding tert-OH is 1. The second-order valence-electron chi connectivity index (χ2n) is 5.32. The standard InChI is InChI=1S/C12H25BrN2O2/c1-9(2)10(13)11(17)14-8-12(3,4)15(5)6-7-16/h9-10,16H,6-8H2,1-5H3,(H,14,17). The van der Waals surface area contributed by atoms with Crippen molar-refractivity contribution in [3.05, 3.63) is 0 Å². The highest BCUT2D eigenvalue weighted by atomic mass is 79.9. The molecule has 102 valence electrons. The van der Waals surface area contributed by atoms with Crippen molar-refractivity contribution in [2.24, 2.45) is 5.92 Å². The molecule has 1 amide bonds. The molecule has 0 aromatic rings. The van der Waals surface area contributed by atoms with Crippen LogP contribution in [0.25, 0.3) is 0 Å². The number of amides is 1. The van der Waals surface area contributed by atoms with Gasteiger partial charge in [0.15, 0.2) is 0 Å². The molecule has 0 aliphatic rings. The number of hydrogen-bond donors (Lipinski definition) is 2. The van der Waals surface area contributed by atoms with Crippen molar-refractivity contribution in [3.8, 4) is 0 Å². The number of alkyl halides is 1. The molecule has 0 saturated carbocycles. The lowest BCUT2D eigenvalue weighted by Gasteiger charge is -2.35. The summed E-state index contributed by atoms with van der Waals surface area (Å²) in [7, 11) is 1.94. The first kappa shape index (κ1) is 16.9. The van der Waals surface area contributed by atoms with Crippen LogP contribution in [0.1, 0.15) is 27.7 Å². The summed E-state index contributed by atoms with van der Waals surface area (Å²) in [5.74, 6) is 0.291. The van der Waals surface area contributed by atoms with E-state index in [1.54, 1.807) is 0 Å².